The topological polar surface area (TPSA) is 128 Å². The summed E-state index contributed by atoms with van der Waals surface area (Å²) >= 11 is 6.43. The highest BCUT2D eigenvalue weighted by molar-refractivity contribution is 7.90. The molecule has 1 aliphatic rings. The van der Waals surface area contributed by atoms with Crippen LogP contribution in [-0.4, -0.2) is 42.0 Å². The van der Waals surface area contributed by atoms with Crippen molar-refractivity contribution in [2.24, 2.45) is 5.92 Å². The lowest BCUT2D eigenvalue weighted by molar-refractivity contribution is 0.357. The molecule has 0 radical (unpaired) electrons. The molecule has 1 saturated carbocycles. The van der Waals surface area contributed by atoms with Crippen LogP contribution >= 0.6 is 11.6 Å². The van der Waals surface area contributed by atoms with Crippen molar-refractivity contribution in [2.75, 3.05) is 18.4 Å². The number of rotatable bonds is 9. The van der Waals surface area contributed by atoms with Gasteiger partial charge in [0, 0.05) is 18.9 Å². The molecule has 3 aromatic rings. The van der Waals surface area contributed by atoms with Crippen molar-refractivity contribution in [2.45, 2.75) is 32.1 Å². The van der Waals surface area contributed by atoms with Gasteiger partial charge in [0.2, 0.25) is 11.6 Å². The number of nitrogens with zero attached hydrogens (tertiary/aromatic N) is 4. The summed E-state index contributed by atoms with van der Waals surface area (Å²) in [5, 5.41) is -0.117. The summed E-state index contributed by atoms with van der Waals surface area (Å²) in [5.74, 6) is 1.05. The number of methoxy groups -OCH3 is 1. The van der Waals surface area contributed by atoms with Crippen LogP contribution in [0.2, 0.25) is 5.15 Å². The second kappa shape index (κ2) is 10.9. The fourth-order valence-electron chi connectivity index (χ4n) is 3.69. The van der Waals surface area contributed by atoms with Crippen molar-refractivity contribution in [3.8, 4) is 28.9 Å². The maximum atomic E-state index is 12.9. The third-order valence-corrected chi connectivity index (χ3v) is 6.65. The van der Waals surface area contributed by atoms with E-state index in [1.54, 1.807) is 30.3 Å². The summed E-state index contributed by atoms with van der Waals surface area (Å²) in [6, 6.07) is 8.52. The molecule has 0 bridgehead atoms. The van der Waals surface area contributed by atoms with Gasteiger partial charge >= 0.3 is 0 Å². The minimum absolute atomic E-state index is 0.0444. The molecule has 0 spiro atoms. The molecule has 0 aliphatic heterocycles. The number of benzene rings is 1. The van der Waals surface area contributed by atoms with Crippen LogP contribution in [0.5, 0.6) is 17.2 Å². The molecular weight excluding hydrogens is 480 g/mol. The number of nitrogens with one attached hydrogen (secondary N) is 2. The Bertz CT molecular complexity index is 1220. The molecule has 1 aliphatic carbocycles. The molecule has 2 aromatic heterocycles. The largest absolute Gasteiger partial charge is 0.493 e. The third-order valence-electron chi connectivity index (χ3n) is 5.39. The van der Waals surface area contributed by atoms with Gasteiger partial charge in [-0.15, -0.1) is 0 Å². The van der Waals surface area contributed by atoms with Gasteiger partial charge in [0.1, 0.15) is 0 Å². The number of anilines is 1. The first-order valence-electron chi connectivity index (χ1n) is 10.9. The number of hydrogen-bond donors (Lipinski definition) is 2. The molecule has 10 nitrogen and oxygen atoms in total. The lowest BCUT2D eigenvalue weighted by Gasteiger charge is -2.22. The highest BCUT2D eigenvalue weighted by Gasteiger charge is 2.24. The Morgan fingerprint density at radius 2 is 1.71 bits per heavy atom. The van der Waals surface area contributed by atoms with Gasteiger partial charge in [0.05, 0.1) is 7.11 Å². The van der Waals surface area contributed by atoms with Gasteiger partial charge in [-0.2, -0.15) is 13.1 Å². The Hall–Kier alpha value is -3.02. The summed E-state index contributed by atoms with van der Waals surface area (Å²) in [4.78, 5) is 16.8. The molecule has 0 unspecified atom stereocenters. The van der Waals surface area contributed by atoms with Crippen molar-refractivity contribution >= 4 is 27.6 Å². The van der Waals surface area contributed by atoms with Crippen LogP contribution in [0.15, 0.2) is 42.7 Å². The lowest BCUT2D eigenvalue weighted by Crippen LogP contribution is -2.35. The van der Waals surface area contributed by atoms with Crippen LogP contribution in [0, 0.1) is 5.92 Å². The van der Waals surface area contributed by atoms with Crippen LogP contribution in [0.3, 0.4) is 0 Å². The number of para-hydroxylation sites is 2. The van der Waals surface area contributed by atoms with E-state index >= 15 is 0 Å². The van der Waals surface area contributed by atoms with Crippen LogP contribution in [0.25, 0.3) is 11.6 Å². The van der Waals surface area contributed by atoms with Crippen LogP contribution in [-0.2, 0) is 10.2 Å². The third kappa shape index (κ3) is 6.10. The summed E-state index contributed by atoms with van der Waals surface area (Å²) in [6.07, 6.45) is 8.45. The first-order valence-corrected chi connectivity index (χ1v) is 12.7. The molecule has 0 saturated heterocycles. The standard InChI is InChI=1S/C22H25ClN6O4S/c1-32-16-10-5-6-11-17(16)33-18-19(23)27-22(21-24-12-7-13-25-21)28-20(18)29-34(30,31)26-14-15-8-3-2-4-9-15/h5-7,10-13,15,26H,2-4,8-9,14H2,1H3,(H,27,28,29). The lowest BCUT2D eigenvalue weighted by atomic mass is 9.90. The Labute approximate surface area is 203 Å². The van der Waals surface area contributed by atoms with Crippen molar-refractivity contribution in [3.05, 3.63) is 47.9 Å². The Balaban J connectivity index is 1.66. The van der Waals surface area contributed by atoms with Crippen LogP contribution in [0.4, 0.5) is 5.82 Å². The van der Waals surface area contributed by atoms with Gasteiger partial charge in [-0.05, 0) is 37.0 Å². The minimum Gasteiger partial charge on any atom is -0.493 e. The molecule has 1 fully saturated rings. The fourth-order valence-corrected chi connectivity index (χ4v) is 4.82. The van der Waals surface area contributed by atoms with E-state index in [0.29, 0.717) is 24.0 Å². The van der Waals surface area contributed by atoms with Crippen LogP contribution in [0.1, 0.15) is 32.1 Å². The molecule has 1 aromatic carbocycles. The second-order valence-corrected chi connectivity index (χ2v) is 9.66. The molecular formula is C22H25ClN6O4S. The van der Waals surface area contributed by atoms with Crippen molar-refractivity contribution in [1.82, 2.24) is 24.7 Å². The highest BCUT2D eigenvalue weighted by Crippen LogP contribution is 2.39. The Morgan fingerprint density at radius 3 is 2.41 bits per heavy atom. The van der Waals surface area contributed by atoms with Gasteiger partial charge in [0.15, 0.2) is 28.3 Å². The smallest absolute Gasteiger partial charge is 0.300 e. The van der Waals surface area contributed by atoms with Gasteiger partial charge in [-0.1, -0.05) is 43.0 Å². The second-order valence-electron chi connectivity index (χ2n) is 7.80. The summed E-state index contributed by atoms with van der Waals surface area (Å²) in [6.45, 7) is 0.339. The number of hydrogen-bond acceptors (Lipinski definition) is 8. The molecule has 12 heteroatoms. The zero-order chi connectivity index (χ0) is 24.0. The maximum Gasteiger partial charge on any atom is 0.300 e. The van der Waals surface area contributed by atoms with E-state index in [0.717, 1.165) is 25.7 Å². The summed E-state index contributed by atoms with van der Waals surface area (Å²) in [5.41, 5.74) is 0. The number of halogens is 1. The predicted octanol–water partition coefficient (Wildman–Crippen LogP) is 4.21. The van der Waals surface area contributed by atoms with Crippen molar-refractivity contribution in [3.63, 3.8) is 0 Å². The molecule has 34 heavy (non-hydrogen) atoms. The van der Waals surface area contributed by atoms with Gasteiger partial charge in [0.25, 0.3) is 10.2 Å². The average molecular weight is 505 g/mol. The van der Waals surface area contributed by atoms with Crippen molar-refractivity contribution < 1.29 is 17.9 Å². The summed E-state index contributed by atoms with van der Waals surface area (Å²) in [7, 11) is -2.49. The van der Waals surface area contributed by atoms with E-state index in [1.807, 2.05) is 0 Å². The van der Waals surface area contributed by atoms with Gasteiger partial charge in [-0.25, -0.2) is 19.9 Å². The van der Waals surface area contributed by atoms with E-state index in [-0.39, 0.29) is 28.4 Å². The molecule has 2 N–H and O–H groups in total. The maximum absolute atomic E-state index is 12.9. The minimum atomic E-state index is -3.98. The fraction of sp³-hybridized carbons (Fsp3) is 0.364. The van der Waals surface area contributed by atoms with Crippen LogP contribution < -0.4 is 18.9 Å². The SMILES string of the molecule is COc1ccccc1Oc1c(Cl)nc(-c2ncccn2)nc1NS(=O)(=O)NCC1CCCCC1. The molecule has 0 amide bonds. The number of ether oxygens (including phenoxy) is 2. The van der Waals surface area contributed by atoms with E-state index in [9.17, 15) is 8.42 Å². The number of aromatic nitrogens is 4. The first-order chi connectivity index (χ1) is 16.4. The molecule has 180 valence electrons. The summed E-state index contributed by atoms with van der Waals surface area (Å²) < 4.78 is 42.1. The van der Waals surface area contributed by atoms with E-state index in [1.165, 1.54) is 25.9 Å². The van der Waals surface area contributed by atoms with Gasteiger partial charge < -0.3 is 9.47 Å². The zero-order valence-electron chi connectivity index (χ0n) is 18.6. The Kier molecular flexibility index (Phi) is 7.76. The van der Waals surface area contributed by atoms with E-state index < -0.39 is 10.2 Å². The van der Waals surface area contributed by atoms with Gasteiger partial charge in [-0.3, -0.25) is 4.72 Å². The molecule has 2 heterocycles. The molecule has 4 rings (SSSR count). The highest BCUT2D eigenvalue weighted by atomic mass is 35.5. The normalized spacial score (nSPS) is 14.5. The average Bonchev–Trinajstić information content (AvgIpc) is 2.86. The monoisotopic (exact) mass is 504 g/mol. The quantitative estimate of drug-likeness (QED) is 0.414. The molecule has 0 atom stereocenters. The van der Waals surface area contributed by atoms with Crippen molar-refractivity contribution in [1.29, 1.82) is 0 Å². The Morgan fingerprint density at radius 1 is 1.00 bits per heavy atom. The first kappa shape index (κ1) is 24.1. The van der Waals surface area contributed by atoms with E-state index in [2.05, 4.69) is 29.4 Å². The predicted molar refractivity (Wildman–Crippen MR) is 128 cm³/mol. The zero-order valence-corrected chi connectivity index (χ0v) is 20.1. The van der Waals surface area contributed by atoms with E-state index in [4.69, 9.17) is 21.1 Å².